The third-order valence-corrected chi connectivity index (χ3v) is 6.86. The van der Waals surface area contributed by atoms with Crippen LogP contribution >= 0.6 is 23.4 Å². The van der Waals surface area contributed by atoms with Crippen LogP contribution in [0.5, 0.6) is 5.75 Å². The number of anilines is 1. The van der Waals surface area contributed by atoms with E-state index in [9.17, 15) is 14.4 Å². The minimum atomic E-state index is -1.26. The number of thioether (sulfide) groups is 1. The van der Waals surface area contributed by atoms with E-state index in [0.29, 0.717) is 30.2 Å². The van der Waals surface area contributed by atoms with E-state index in [2.05, 4.69) is 31.1 Å². The average Bonchev–Trinajstić information content (AvgIpc) is 2.85. The lowest BCUT2D eigenvalue weighted by Gasteiger charge is -2.33. The molecule has 1 amide bonds. The van der Waals surface area contributed by atoms with E-state index in [1.54, 1.807) is 23.9 Å². The second-order valence-corrected chi connectivity index (χ2v) is 10.1. The molecule has 0 fully saturated rings. The van der Waals surface area contributed by atoms with E-state index >= 15 is 0 Å². The Hall–Kier alpha value is -3.34. The van der Waals surface area contributed by atoms with Gasteiger partial charge in [-0.15, -0.1) is 11.8 Å². The maximum atomic E-state index is 12.7. The van der Waals surface area contributed by atoms with Crippen molar-refractivity contribution in [3.8, 4) is 5.75 Å². The highest BCUT2D eigenvalue weighted by Gasteiger charge is 2.35. The fourth-order valence-electron chi connectivity index (χ4n) is 3.66. The van der Waals surface area contributed by atoms with E-state index in [1.165, 1.54) is 9.90 Å². The van der Waals surface area contributed by atoms with Crippen LogP contribution in [-0.2, 0) is 14.4 Å². The van der Waals surface area contributed by atoms with Crippen molar-refractivity contribution in [3.05, 3.63) is 65.2 Å². The topological polar surface area (TPSA) is 120 Å². The Balaban J connectivity index is 0.000000414. The summed E-state index contributed by atoms with van der Waals surface area (Å²) in [6, 6.07) is 13.4. The molecule has 1 unspecified atom stereocenters. The number of ether oxygens (including phenoxy) is 1. The summed E-state index contributed by atoms with van der Waals surface area (Å²) in [5.41, 5.74) is 2.77. The molecule has 2 heterocycles. The third-order valence-electron chi connectivity index (χ3n) is 5.38. The smallest absolute Gasteiger partial charge is 0.328 e. The third kappa shape index (κ3) is 8.34. The molecule has 9 nitrogen and oxygen atoms in total. The van der Waals surface area contributed by atoms with Gasteiger partial charge in [0.2, 0.25) is 5.91 Å². The van der Waals surface area contributed by atoms with Gasteiger partial charge in [0, 0.05) is 52.3 Å². The maximum Gasteiger partial charge on any atom is 0.328 e. The van der Waals surface area contributed by atoms with Gasteiger partial charge in [-0.2, -0.15) is 5.10 Å². The second kappa shape index (κ2) is 13.3. The number of hydrogen-bond acceptors (Lipinski definition) is 7. The van der Waals surface area contributed by atoms with Gasteiger partial charge in [-0.05, 0) is 63.0 Å². The molecule has 2 aliphatic rings. The predicted octanol–water partition coefficient (Wildman–Crippen LogP) is 4.25. The number of halogens is 1. The molecule has 4 rings (SSSR count). The summed E-state index contributed by atoms with van der Waals surface area (Å²) in [5.74, 6) is -0.648. The number of carbonyl (C=O) groups excluding carboxylic acids is 1. The molecule has 0 aromatic heterocycles. The van der Waals surface area contributed by atoms with E-state index in [-0.39, 0.29) is 11.8 Å². The zero-order valence-electron chi connectivity index (χ0n) is 20.5. The molecule has 0 aliphatic carbocycles. The summed E-state index contributed by atoms with van der Waals surface area (Å²) in [7, 11) is 4.12. The highest BCUT2D eigenvalue weighted by atomic mass is 35.5. The predicted molar refractivity (Wildman–Crippen MR) is 144 cm³/mol. The molecule has 0 radical (unpaired) electrons. The SMILES string of the molecule is CN(C)CCCOc1ccc2c(c1)C1=NN(c3ccc(Cl)cc3)C(=O)CC1CS2.O=C(O)/C=C/C(=O)O. The van der Waals surface area contributed by atoms with Crippen LogP contribution in [0.2, 0.25) is 5.02 Å². The minimum Gasteiger partial charge on any atom is -0.494 e. The van der Waals surface area contributed by atoms with Gasteiger partial charge in [-0.3, -0.25) is 4.79 Å². The zero-order valence-corrected chi connectivity index (χ0v) is 22.0. The number of carboxylic acid groups (broad SMARTS) is 2. The van der Waals surface area contributed by atoms with E-state index < -0.39 is 11.9 Å². The number of fused-ring (bicyclic) bond motifs is 3. The van der Waals surface area contributed by atoms with Crippen molar-refractivity contribution >= 4 is 52.6 Å². The molecule has 2 aliphatic heterocycles. The van der Waals surface area contributed by atoms with Gasteiger partial charge in [0.15, 0.2) is 0 Å². The molecule has 0 bridgehead atoms. The van der Waals surface area contributed by atoms with Crippen LogP contribution in [0.15, 0.2) is 64.6 Å². The van der Waals surface area contributed by atoms with E-state index in [0.717, 1.165) is 41.4 Å². The molecule has 0 spiro atoms. The Morgan fingerprint density at radius 1 is 1.16 bits per heavy atom. The number of amides is 1. The van der Waals surface area contributed by atoms with Gasteiger partial charge in [-0.25, -0.2) is 14.6 Å². The molecule has 2 N–H and O–H groups in total. The summed E-state index contributed by atoms with van der Waals surface area (Å²) in [6.07, 6.45) is 2.55. The van der Waals surface area contributed by atoms with Gasteiger partial charge in [0.25, 0.3) is 0 Å². The van der Waals surface area contributed by atoms with Crippen molar-refractivity contribution in [3.63, 3.8) is 0 Å². The van der Waals surface area contributed by atoms with Crippen LogP contribution in [-0.4, -0.2) is 71.7 Å². The number of hydrogen-bond donors (Lipinski definition) is 2. The quantitative estimate of drug-likeness (QED) is 0.373. The normalized spacial score (nSPS) is 16.4. The second-order valence-electron chi connectivity index (χ2n) is 8.55. The minimum absolute atomic E-state index is 0.0150. The molecule has 37 heavy (non-hydrogen) atoms. The first-order valence-electron chi connectivity index (χ1n) is 11.5. The summed E-state index contributed by atoms with van der Waals surface area (Å²) in [5, 5.41) is 22.5. The molecule has 0 saturated heterocycles. The Kier molecular flexibility index (Phi) is 10.1. The zero-order chi connectivity index (χ0) is 26.9. The van der Waals surface area contributed by atoms with E-state index in [1.807, 2.05) is 18.2 Å². The molecule has 11 heteroatoms. The molecular formula is C26H28ClN3O6S. The van der Waals surface area contributed by atoms with Crippen LogP contribution in [0, 0.1) is 5.92 Å². The van der Waals surface area contributed by atoms with Crippen molar-refractivity contribution in [1.82, 2.24) is 4.90 Å². The summed E-state index contributed by atoms with van der Waals surface area (Å²) >= 11 is 7.78. The van der Waals surface area contributed by atoms with Crippen molar-refractivity contribution in [2.24, 2.45) is 11.0 Å². The monoisotopic (exact) mass is 545 g/mol. The first kappa shape index (κ1) is 28.2. The summed E-state index contributed by atoms with van der Waals surface area (Å²) < 4.78 is 5.96. The number of benzene rings is 2. The highest BCUT2D eigenvalue weighted by Crippen LogP contribution is 2.39. The van der Waals surface area contributed by atoms with Crippen LogP contribution in [0.3, 0.4) is 0 Å². The lowest BCUT2D eigenvalue weighted by molar-refractivity contribution is -0.134. The fraction of sp³-hybridized carbons (Fsp3) is 0.308. The van der Waals surface area contributed by atoms with Crippen LogP contribution < -0.4 is 9.75 Å². The molecule has 1 atom stereocenters. The lowest BCUT2D eigenvalue weighted by atomic mass is 9.92. The Labute approximate surface area is 224 Å². The molecule has 2 aromatic carbocycles. The van der Waals surface area contributed by atoms with Gasteiger partial charge < -0.3 is 19.8 Å². The molecule has 0 saturated carbocycles. The Morgan fingerprint density at radius 2 is 1.84 bits per heavy atom. The van der Waals surface area contributed by atoms with Crippen LogP contribution in [0.25, 0.3) is 0 Å². The van der Waals surface area contributed by atoms with Crippen molar-refractivity contribution in [2.45, 2.75) is 17.7 Å². The van der Waals surface area contributed by atoms with Crippen LogP contribution in [0.4, 0.5) is 5.69 Å². The first-order valence-corrected chi connectivity index (χ1v) is 12.9. The van der Waals surface area contributed by atoms with Crippen LogP contribution in [0.1, 0.15) is 18.4 Å². The number of carbonyl (C=O) groups is 3. The fourth-order valence-corrected chi connectivity index (χ4v) is 4.93. The number of rotatable bonds is 8. The number of nitrogens with zero attached hydrogens (tertiary/aromatic N) is 3. The van der Waals surface area contributed by atoms with Gasteiger partial charge in [0.05, 0.1) is 18.0 Å². The molecule has 2 aromatic rings. The summed E-state index contributed by atoms with van der Waals surface area (Å²) in [4.78, 5) is 35.1. The van der Waals surface area contributed by atoms with Gasteiger partial charge >= 0.3 is 11.9 Å². The molecular weight excluding hydrogens is 518 g/mol. The highest BCUT2D eigenvalue weighted by molar-refractivity contribution is 7.99. The average molecular weight is 546 g/mol. The van der Waals surface area contributed by atoms with Crippen molar-refractivity contribution < 1.29 is 29.3 Å². The van der Waals surface area contributed by atoms with Gasteiger partial charge in [-0.1, -0.05) is 11.6 Å². The van der Waals surface area contributed by atoms with Gasteiger partial charge in [0.1, 0.15) is 5.75 Å². The Morgan fingerprint density at radius 3 is 2.46 bits per heavy atom. The largest absolute Gasteiger partial charge is 0.494 e. The standard InChI is InChI=1S/C22H24ClN3O2S.C4H4O4/c1-25(2)10-3-11-28-18-8-9-20-19(13-18)22-15(14-29-20)12-21(27)26(24-22)17-6-4-16(23)5-7-17;5-3(6)1-2-4(7)8/h4-9,13,15H,3,10-12,14H2,1-2H3;1-2H,(H,5,6)(H,7,8)/b;2-1+. The first-order chi connectivity index (χ1) is 17.6. The number of carboxylic acids is 2. The summed E-state index contributed by atoms with van der Waals surface area (Å²) in [6.45, 7) is 1.67. The van der Waals surface area contributed by atoms with Crippen molar-refractivity contribution in [1.29, 1.82) is 0 Å². The lowest BCUT2D eigenvalue weighted by Crippen LogP contribution is -2.39. The number of hydrazone groups is 1. The van der Waals surface area contributed by atoms with E-state index in [4.69, 9.17) is 31.7 Å². The number of aliphatic carboxylic acids is 2. The Bertz CT molecular complexity index is 1180. The molecule has 196 valence electrons. The van der Waals surface area contributed by atoms with Crippen molar-refractivity contribution in [2.75, 3.05) is 38.0 Å². The maximum absolute atomic E-state index is 12.7.